The second kappa shape index (κ2) is 9.08. The molecule has 0 aliphatic rings. The first-order valence-corrected chi connectivity index (χ1v) is 8.96. The first-order chi connectivity index (χ1) is 12.9. The van der Waals surface area contributed by atoms with E-state index in [2.05, 4.69) is 6.58 Å². The van der Waals surface area contributed by atoms with Crippen molar-refractivity contribution in [3.05, 3.63) is 76.9 Å². The van der Waals surface area contributed by atoms with Gasteiger partial charge in [-0.3, -0.25) is 4.79 Å². The summed E-state index contributed by atoms with van der Waals surface area (Å²) in [6.07, 6.45) is 4.49. The molecule has 142 valence electrons. The summed E-state index contributed by atoms with van der Waals surface area (Å²) >= 11 is 0. The van der Waals surface area contributed by atoms with Gasteiger partial charge in [0.1, 0.15) is 22.8 Å². The summed E-state index contributed by atoms with van der Waals surface area (Å²) in [5.41, 5.74) is 2.35. The normalized spacial score (nSPS) is 10.4. The van der Waals surface area contributed by atoms with Crippen molar-refractivity contribution in [3.63, 3.8) is 0 Å². The molecule has 0 fully saturated rings. The van der Waals surface area contributed by atoms with Crippen LogP contribution in [0.15, 0.2) is 54.6 Å². The van der Waals surface area contributed by atoms with Gasteiger partial charge in [0.05, 0.1) is 0 Å². The van der Waals surface area contributed by atoms with E-state index < -0.39 is 0 Å². The molecule has 4 nitrogen and oxygen atoms in total. The minimum atomic E-state index is -0.371. The second-order valence-electron chi connectivity index (χ2n) is 6.77. The van der Waals surface area contributed by atoms with E-state index in [0.717, 1.165) is 11.1 Å². The molecule has 0 saturated heterocycles. The highest BCUT2D eigenvalue weighted by Gasteiger charge is 2.26. The summed E-state index contributed by atoms with van der Waals surface area (Å²) in [5, 5.41) is 31.7. The summed E-state index contributed by atoms with van der Waals surface area (Å²) in [6.45, 7) is 7.45. The smallest absolute Gasteiger partial charge is 0.170 e. The van der Waals surface area contributed by atoms with Crippen LogP contribution in [-0.4, -0.2) is 21.1 Å². The van der Waals surface area contributed by atoms with Gasteiger partial charge in [0.2, 0.25) is 0 Å². The lowest BCUT2D eigenvalue weighted by molar-refractivity contribution is 0.0977. The van der Waals surface area contributed by atoms with E-state index in [1.54, 1.807) is 0 Å². The zero-order valence-corrected chi connectivity index (χ0v) is 15.8. The van der Waals surface area contributed by atoms with E-state index in [-0.39, 0.29) is 59.0 Å². The number of ketones is 1. The fourth-order valence-corrected chi connectivity index (χ4v) is 2.95. The van der Waals surface area contributed by atoms with Gasteiger partial charge in [0.15, 0.2) is 5.78 Å². The number of carbonyl (C=O) groups is 1. The molecule has 0 heterocycles. The van der Waals surface area contributed by atoms with Gasteiger partial charge in [-0.05, 0) is 38.7 Å². The fraction of sp³-hybridized carbons (Fsp3) is 0.261. The van der Waals surface area contributed by atoms with E-state index in [1.165, 1.54) is 6.08 Å². The Hall–Kier alpha value is -3.01. The molecule has 0 bridgehead atoms. The van der Waals surface area contributed by atoms with Crippen molar-refractivity contribution in [3.8, 4) is 17.2 Å². The monoisotopic (exact) mass is 366 g/mol. The highest BCUT2D eigenvalue weighted by atomic mass is 16.3. The number of phenolic OH excluding ortho intramolecular Hbond substituents is 3. The molecule has 0 saturated carbocycles. The minimum absolute atomic E-state index is 0.127. The molecule has 0 aliphatic carbocycles. The van der Waals surface area contributed by atoms with Crippen LogP contribution in [0, 0.1) is 0 Å². The molecular formula is C23H26O4. The highest BCUT2D eigenvalue weighted by molar-refractivity contribution is 6.02. The molecule has 0 unspecified atom stereocenters. The largest absolute Gasteiger partial charge is 0.507 e. The van der Waals surface area contributed by atoms with Crippen molar-refractivity contribution in [2.75, 3.05) is 0 Å². The zero-order chi connectivity index (χ0) is 20.0. The zero-order valence-electron chi connectivity index (χ0n) is 15.8. The standard InChI is InChI=1S/C23H26O4/c1-4-8-17-21(25)18(13-11-15(2)3)23(27)20(22(17)26)19(24)14-12-16-9-6-5-7-10-16/h4-7,9-11,25-27H,1,8,12-14H2,2-3H3. The molecule has 0 amide bonds. The average Bonchev–Trinajstić information content (AvgIpc) is 2.64. The maximum atomic E-state index is 12.8. The molecule has 0 radical (unpaired) electrons. The number of benzene rings is 2. The maximum Gasteiger partial charge on any atom is 0.170 e. The van der Waals surface area contributed by atoms with Crippen LogP contribution in [0.4, 0.5) is 0 Å². The summed E-state index contributed by atoms with van der Waals surface area (Å²) in [7, 11) is 0. The molecule has 0 aromatic heterocycles. The van der Waals surface area contributed by atoms with Gasteiger partial charge in [-0.15, -0.1) is 6.58 Å². The van der Waals surface area contributed by atoms with Crippen LogP contribution in [0.1, 0.15) is 47.3 Å². The van der Waals surface area contributed by atoms with Crippen LogP contribution in [-0.2, 0) is 19.3 Å². The van der Waals surface area contributed by atoms with Crippen molar-refractivity contribution in [2.24, 2.45) is 0 Å². The Bertz CT molecular complexity index is 860. The Labute approximate surface area is 160 Å². The van der Waals surface area contributed by atoms with Crippen molar-refractivity contribution in [1.29, 1.82) is 0 Å². The molecule has 2 aromatic rings. The number of allylic oxidation sites excluding steroid dienone is 3. The number of phenols is 3. The Balaban J connectivity index is 2.45. The number of hydrogen-bond acceptors (Lipinski definition) is 4. The molecule has 3 N–H and O–H groups in total. The quantitative estimate of drug-likeness (QED) is 0.461. The van der Waals surface area contributed by atoms with Crippen LogP contribution < -0.4 is 0 Å². The lowest BCUT2D eigenvalue weighted by Gasteiger charge is -2.17. The lowest BCUT2D eigenvalue weighted by Crippen LogP contribution is -2.06. The topological polar surface area (TPSA) is 77.8 Å². The van der Waals surface area contributed by atoms with Gasteiger partial charge in [-0.1, -0.05) is 48.1 Å². The number of carbonyl (C=O) groups excluding carboxylic acids is 1. The lowest BCUT2D eigenvalue weighted by atomic mass is 9.92. The van der Waals surface area contributed by atoms with Gasteiger partial charge in [-0.25, -0.2) is 0 Å². The fourth-order valence-electron chi connectivity index (χ4n) is 2.95. The predicted octanol–water partition coefficient (Wildman–Crippen LogP) is 4.86. The van der Waals surface area contributed by atoms with Crippen LogP contribution in [0.5, 0.6) is 17.2 Å². The molecule has 0 aliphatic heterocycles. The Morgan fingerprint density at radius 3 is 2.11 bits per heavy atom. The SMILES string of the molecule is C=CCc1c(O)c(CC=C(C)C)c(O)c(C(=O)CCc2ccccc2)c1O. The Kier molecular flexibility index (Phi) is 6.83. The Morgan fingerprint density at radius 2 is 1.56 bits per heavy atom. The summed E-state index contributed by atoms with van der Waals surface area (Å²) in [4.78, 5) is 12.8. The van der Waals surface area contributed by atoms with Crippen LogP contribution in [0.2, 0.25) is 0 Å². The third kappa shape index (κ3) is 4.79. The molecular weight excluding hydrogens is 340 g/mol. The van der Waals surface area contributed by atoms with Gasteiger partial charge < -0.3 is 15.3 Å². The molecule has 0 atom stereocenters. The number of rotatable bonds is 8. The summed E-state index contributed by atoms with van der Waals surface area (Å²) < 4.78 is 0. The van der Waals surface area contributed by atoms with E-state index in [0.29, 0.717) is 6.42 Å². The van der Waals surface area contributed by atoms with Crippen molar-refractivity contribution in [1.82, 2.24) is 0 Å². The third-order valence-corrected chi connectivity index (χ3v) is 4.44. The third-order valence-electron chi connectivity index (χ3n) is 4.44. The number of hydrogen-bond donors (Lipinski definition) is 3. The van der Waals surface area contributed by atoms with Crippen molar-refractivity contribution >= 4 is 5.78 Å². The first kappa shape index (κ1) is 20.3. The van der Waals surface area contributed by atoms with Gasteiger partial charge >= 0.3 is 0 Å². The van der Waals surface area contributed by atoms with Gasteiger partial charge in [0.25, 0.3) is 0 Å². The van der Waals surface area contributed by atoms with Gasteiger partial charge in [0, 0.05) is 17.5 Å². The highest BCUT2D eigenvalue weighted by Crippen LogP contribution is 2.43. The Morgan fingerprint density at radius 1 is 0.963 bits per heavy atom. The summed E-state index contributed by atoms with van der Waals surface area (Å²) in [6, 6.07) is 9.55. The molecule has 2 rings (SSSR count). The minimum Gasteiger partial charge on any atom is -0.507 e. The first-order valence-electron chi connectivity index (χ1n) is 8.96. The number of aromatic hydroxyl groups is 3. The molecule has 27 heavy (non-hydrogen) atoms. The second-order valence-corrected chi connectivity index (χ2v) is 6.77. The average molecular weight is 366 g/mol. The van der Waals surface area contributed by atoms with Crippen molar-refractivity contribution in [2.45, 2.75) is 39.5 Å². The molecule has 4 heteroatoms. The van der Waals surface area contributed by atoms with E-state index in [9.17, 15) is 20.1 Å². The van der Waals surface area contributed by atoms with Crippen LogP contribution in [0.3, 0.4) is 0 Å². The van der Waals surface area contributed by atoms with Crippen LogP contribution in [0.25, 0.3) is 0 Å². The predicted molar refractivity (Wildman–Crippen MR) is 108 cm³/mol. The van der Waals surface area contributed by atoms with Gasteiger partial charge in [-0.2, -0.15) is 0 Å². The van der Waals surface area contributed by atoms with E-state index in [1.807, 2.05) is 50.3 Å². The summed E-state index contributed by atoms with van der Waals surface area (Å²) in [5.74, 6) is -1.28. The molecule has 0 spiro atoms. The number of aryl methyl sites for hydroxylation is 1. The maximum absolute atomic E-state index is 12.8. The van der Waals surface area contributed by atoms with E-state index >= 15 is 0 Å². The van der Waals surface area contributed by atoms with Crippen molar-refractivity contribution < 1.29 is 20.1 Å². The van der Waals surface area contributed by atoms with Crippen LogP contribution >= 0.6 is 0 Å². The van der Waals surface area contributed by atoms with E-state index in [4.69, 9.17) is 0 Å². The number of Topliss-reactive ketones (excluding diaryl/α,β-unsaturated/α-hetero) is 1. The molecule has 2 aromatic carbocycles.